The van der Waals surface area contributed by atoms with Gasteiger partial charge in [0.25, 0.3) is 0 Å². The number of carbonyl (C=O) groups is 1. The number of nitrogens with zero attached hydrogens (tertiary/aromatic N) is 2. The second-order valence-electron chi connectivity index (χ2n) is 3.90. The van der Waals surface area contributed by atoms with Crippen molar-refractivity contribution in [2.75, 3.05) is 13.7 Å². The van der Waals surface area contributed by atoms with Crippen molar-refractivity contribution in [3.05, 3.63) is 29.6 Å². The molecule has 0 aliphatic heterocycles. The fraction of sp³-hybridized carbons (Fsp3) is 0.333. The van der Waals surface area contributed by atoms with E-state index in [1.165, 1.54) is 0 Å². The highest BCUT2D eigenvalue weighted by Gasteiger charge is 2.09. The normalized spacial score (nSPS) is 10.9. The van der Waals surface area contributed by atoms with Crippen LogP contribution in [0.4, 0.5) is 0 Å². The van der Waals surface area contributed by atoms with E-state index in [9.17, 15) is 4.79 Å². The van der Waals surface area contributed by atoms with Gasteiger partial charge in [0, 0.05) is 26.1 Å². The number of imidazole rings is 1. The zero-order valence-electron chi connectivity index (χ0n) is 9.93. The maximum Gasteiger partial charge on any atom is 0.248 e. The number of amides is 1. The standard InChI is InChI=1S/C12H15N3O2/c1-15-10-7-8(12(13)16)3-4-9(10)14-11(15)5-6-17-2/h3-4,7H,5-6H2,1-2H3,(H2,13,16). The molecular formula is C12H15N3O2. The van der Waals surface area contributed by atoms with Crippen LogP contribution in [0.5, 0.6) is 0 Å². The van der Waals surface area contributed by atoms with Crippen molar-refractivity contribution < 1.29 is 9.53 Å². The van der Waals surface area contributed by atoms with Crippen molar-refractivity contribution >= 4 is 16.9 Å². The van der Waals surface area contributed by atoms with Crippen LogP contribution in [0.1, 0.15) is 16.2 Å². The number of rotatable bonds is 4. The predicted molar refractivity (Wildman–Crippen MR) is 64.8 cm³/mol. The van der Waals surface area contributed by atoms with E-state index in [1.807, 2.05) is 17.7 Å². The first-order valence-corrected chi connectivity index (χ1v) is 5.37. The van der Waals surface area contributed by atoms with Gasteiger partial charge in [-0.15, -0.1) is 0 Å². The Morgan fingerprint density at radius 1 is 1.53 bits per heavy atom. The molecule has 0 spiro atoms. The third-order valence-electron chi connectivity index (χ3n) is 2.79. The van der Waals surface area contributed by atoms with Crippen LogP contribution in [0.3, 0.4) is 0 Å². The third kappa shape index (κ3) is 2.14. The van der Waals surface area contributed by atoms with Gasteiger partial charge in [-0.05, 0) is 18.2 Å². The highest BCUT2D eigenvalue weighted by Crippen LogP contribution is 2.17. The van der Waals surface area contributed by atoms with Crippen LogP contribution in [0.2, 0.25) is 0 Å². The van der Waals surface area contributed by atoms with Gasteiger partial charge in [-0.3, -0.25) is 4.79 Å². The molecule has 0 saturated carbocycles. The van der Waals surface area contributed by atoms with Crippen LogP contribution >= 0.6 is 0 Å². The van der Waals surface area contributed by atoms with Gasteiger partial charge in [0.1, 0.15) is 5.82 Å². The molecule has 17 heavy (non-hydrogen) atoms. The summed E-state index contributed by atoms with van der Waals surface area (Å²) in [5, 5.41) is 0. The van der Waals surface area contributed by atoms with E-state index in [2.05, 4.69) is 4.98 Å². The molecule has 0 fully saturated rings. The van der Waals surface area contributed by atoms with Crippen molar-refractivity contribution in [2.24, 2.45) is 12.8 Å². The Hall–Kier alpha value is -1.88. The largest absolute Gasteiger partial charge is 0.384 e. The number of ether oxygens (including phenoxy) is 1. The maximum absolute atomic E-state index is 11.1. The van der Waals surface area contributed by atoms with E-state index in [0.29, 0.717) is 12.2 Å². The molecule has 0 saturated heterocycles. The summed E-state index contributed by atoms with van der Waals surface area (Å²) >= 11 is 0. The molecule has 90 valence electrons. The number of aryl methyl sites for hydroxylation is 1. The van der Waals surface area contributed by atoms with Gasteiger partial charge >= 0.3 is 0 Å². The Morgan fingerprint density at radius 2 is 2.29 bits per heavy atom. The third-order valence-corrected chi connectivity index (χ3v) is 2.79. The van der Waals surface area contributed by atoms with Crippen LogP contribution in [0.15, 0.2) is 18.2 Å². The first-order valence-electron chi connectivity index (χ1n) is 5.37. The number of primary amides is 1. The van der Waals surface area contributed by atoms with E-state index in [1.54, 1.807) is 19.2 Å². The van der Waals surface area contributed by atoms with Crippen LogP contribution < -0.4 is 5.73 Å². The van der Waals surface area contributed by atoms with Crippen LogP contribution in [-0.2, 0) is 18.2 Å². The lowest BCUT2D eigenvalue weighted by atomic mass is 10.2. The van der Waals surface area contributed by atoms with Gasteiger partial charge in [0.05, 0.1) is 17.6 Å². The molecule has 2 aromatic rings. The molecule has 1 aromatic heterocycles. The lowest BCUT2D eigenvalue weighted by Gasteiger charge is -2.01. The Bertz CT molecular complexity index is 560. The van der Waals surface area contributed by atoms with Gasteiger partial charge in [-0.1, -0.05) is 0 Å². The molecule has 5 nitrogen and oxygen atoms in total. The Kier molecular flexibility index (Phi) is 3.10. The minimum Gasteiger partial charge on any atom is -0.384 e. The molecule has 0 unspecified atom stereocenters. The molecule has 0 aliphatic rings. The molecule has 1 aromatic carbocycles. The van der Waals surface area contributed by atoms with Crippen LogP contribution in [0, 0.1) is 0 Å². The molecular weight excluding hydrogens is 218 g/mol. The lowest BCUT2D eigenvalue weighted by molar-refractivity contribution is 0.100. The fourth-order valence-corrected chi connectivity index (χ4v) is 1.81. The summed E-state index contributed by atoms with van der Waals surface area (Å²) in [6, 6.07) is 5.27. The topological polar surface area (TPSA) is 70.1 Å². The smallest absolute Gasteiger partial charge is 0.248 e. The van der Waals surface area contributed by atoms with Gasteiger partial charge in [0.15, 0.2) is 0 Å². The summed E-state index contributed by atoms with van der Waals surface area (Å²) in [5.74, 6) is 0.509. The molecule has 0 bridgehead atoms. The van der Waals surface area contributed by atoms with E-state index >= 15 is 0 Å². The molecule has 1 amide bonds. The SMILES string of the molecule is COCCc1nc2ccc(C(N)=O)cc2n1C. The number of aromatic nitrogens is 2. The predicted octanol–water partition coefficient (Wildman–Crippen LogP) is 0.861. The Labute approximate surface area is 99.2 Å². The maximum atomic E-state index is 11.1. The molecule has 5 heteroatoms. The second kappa shape index (κ2) is 4.55. The quantitative estimate of drug-likeness (QED) is 0.851. The van der Waals surface area contributed by atoms with Crippen molar-refractivity contribution in [3.63, 3.8) is 0 Å². The van der Waals surface area contributed by atoms with Gasteiger partial charge in [-0.2, -0.15) is 0 Å². The highest BCUT2D eigenvalue weighted by atomic mass is 16.5. The van der Waals surface area contributed by atoms with Crippen molar-refractivity contribution in [3.8, 4) is 0 Å². The summed E-state index contributed by atoms with van der Waals surface area (Å²) < 4.78 is 6.99. The average Bonchev–Trinajstić information content (AvgIpc) is 2.63. The van der Waals surface area contributed by atoms with Crippen molar-refractivity contribution in [2.45, 2.75) is 6.42 Å². The first-order chi connectivity index (χ1) is 8.13. The summed E-state index contributed by atoms with van der Waals surface area (Å²) in [5.41, 5.74) is 7.53. The average molecular weight is 233 g/mol. The van der Waals surface area contributed by atoms with Crippen LogP contribution in [0.25, 0.3) is 11.0 Å². The van der Waals surface area contributed by atoms with Gasteiger partial charge in [-0.25, -0.2) is 4.98 Å². The van der Waals surface area contributed by atoms with Crippen molar-refractivity contribution in [1.29, 1.82) is 0 Å². The van der Waals surface area contributed by atoms with Crippen molar-refractivity contribution in [1.82, 2.24) is 9.55 Å². The summed E-state index contributed by atoms with van der Waals surface area (Å²) in [6.07, 6.45) is 0.744. The number of benzene rings is 1. The second-order valence-corrected chi connectivity index (χ2v) is 3.90. The number of nitrogens with two attached hydrogens (primary N) is 1. The fourth-order valence-electron chi connectivity index (χ4n) is 1.81. The molecule has 0 radical (unpaired) electrons. The monoisotopic (exact) mass is 233 g/mol. The minimum absolute atomic E-state index is 0.424. The Morgan fingerprint density at radius 3 is 2.94 bits per heavy atom. The molecule has 0 aliphatic carbocycles. The number of fused-ring (bicyclic) bond motifs is 1. The van der Waals surface area contributed by atoms with E-state index in [4.69, 9.17) is 10.5 Å². The Balaban J connectivity index is 2.47. The number of hydrogen-bond donors (Lipinski definition) is 1. The number of methoxy groups -OCH3 is 1. The molecule has 2 rings (SSSR count). The van der Waals surface area contributed by atoms with E-state index < -0.39 is 5.91 Å². The first kappa shape index (κ1) is 11.6. The van der Waals surface area contributed by atoms with E-state index in [-0.39, 0.29) is 0 Å². The number of carbonyl (C=O) groups excluding carboxylic acids is 1. The molecule has 1 heterocycles. The van der Waals surface area contributed by atoms with Gasteiger partial charge < -0.3 is 15.0 Å². The summed E-state index contributed by atoms with van der Waals surface area (Å²) in [6.45, 7) is 0.625. The molecule has 0 atom stereocenters. The highest BCUT2D eigenvalue weighted by molar-refractivity contribution is 5.96. The zero-order valence-corrected chi connectivity index (χ0v) is 9.93. The van der Waals surface area contributed by atoms with E-state index in [0.717, 1.165) is 23.3 Å². The summed E-state index contributed by atoms with van der Waals surface area (Å²) in [7, 11) is 3.58. The zero-order chi connectivity index (χ0) is 12.4. The molecule has 2 N–H and O–H groups in total. The minimum atomic E-state index is -0.424. The lowest BCUT2D eigenvalue weighted by Crippen LogP contribution is -2.10. The van der Waals surface area contributed by atoms with Gasteiger partial charge in [0.2, 0.25) is 5.91 Å². The summed E-state index contributed by atoms with van der Waals surface area (Å²) in [4.78, 5) is 15.6. The number of hydrogen-bond acceptors (Lipinski definition) is 3. The van der Waals surface area contributed by atoms with Crippen LogP contribution in [-0.4, -0.2) is 29.2 Å².